The first-order valence-electron chi connectivity index (χ1n) is 9.05. The average Bonchev–Trinajstić information content (AvgIpc) is 3.20. The maximum Gasteiger partial charge on any atom is 0.305 e. The molecule has 0 heterocycles. The van der Waals surface area contributed by atoms with Crippen LogP contribution < -0.4 is 0 Å². The SMILES string of the molecule is O=C(CCCCC(=O)OCC1CCCC1)OCC1CCCC1. The van der Waals surface area contributed by atoms with Crippen molar-refractivity contribution in [2.24, 2.45) is 11.8 Å². The fourth-order valence-electron chi connectivity index (χ4n) is 3.46. The summed E-state index contributed by atoms with van der Waals surface area (Å²) in [4.78, 5) is 23.2. The second-order valence-corrected chi connectivity index (χ2v) is 6.87. The van der Waals surface area contributed by atoms with Crippen LogP contribution >= 0.6 is 0 Å². The number of carbonyl (C=O) groups excluding carboxylic acids is 2. The smallest absolute Gasteiger partial charge is 0.305 e. The summed E-state index contributed by atoms with van der Waals surface area (Å²) in [5.41, 5.74) is 0. The predicted octanol–water partition coefficient (Wildman–Crippen LogP) is 4.01. The summed E-state index contributed by atoms with van der Waals surface area (Å²) in [7, 11) is 0. The lowest BCUT2D eigenvalue weighted by molar-refractivity contribution is -0.147. The molecule has 0 amide bonds. The van der Waals surface area contributed by atoms with Gasteiger partial charge >= 0.3 is 11.9 Å². The van der Waals surface area contributed by atoms with Crippen LogP contribution in [-0.2, 0) is 19.1 Å². The third-order valence-corrected chi connectivity index (χ3v) is 4.92. The van der Waals surface area contributed by atoms with Crippen molar-refractivity contribution < 1.29 is 19.1 Å². The van der Waals surface area contributed by atoms with E-state index in [1.54, 1.807) is 0 Å². The molecule has 0 aromatic heterocycles. The highest BCUT2D eigenvalue weighted by Crippen LogP contribution is 2.25. The molecular formula is C18H30O4. The van der Waals surface area contributed by atoms with E-state index in [9.17, 15) is 9.59 Å². The Bertz CT molecular complexity index is 307. The van der Waals surface area contributed by atoms with Crippen molar-refractivity contribution in [1.29, 1.82) is 0 Å². The fraction of sp³-hybridized carbons (Fsp3) is 0.889. The third-order valence-electron chi connectivity index (χ3n) is 4.92. The van der Waals surface area contributed by atoms with Crippen molar-refractivity contribution in [3.8, 4) is 0 Å². The molecule has 0 saturated heterocycles. The number of ether oxygens (including phenoxy) is 2. The largest absolute Gasteiger partial charge is 0.465 e. The van der Waals surface area contributed by atoms with Crippen LogP contribution in [0.4, 0.5) is 0 Å². The van der Waals surface area contributed by atoms with Crippen LogP contribution in [0.2, 0.25) is 0 Å². The highest BCUT2D eigenvalue weighted by Gasteiger charge is 2.18. The summed E-state index contributed by atoms with van der Waals surface area (Å²) in [6.07, 6.45) is 12.1. The average molecular weight is 310 g/mol. The summed E-state index contributed by atoms with van der Waals surface area (Å²) in [5, 5.41) is 0. The quantitative estimate of drug-likeness (QED) is 0.477. The Hall–Kier alpha value is -1.06. The van der Waals surface area contributed by atoms with Gasteiger partial charge in [-0.05, 0) is 50.4 Å². The van der Waals surface area contributed by atoms with Gasteiger partial charge in [-0.3, -0.25) is 9.59 Å². The third kappa shape index (κ3) is 6.80. The zero-order valence-corrected chi connectivity index (χ0v) is 13.7. The Morgan fingerprint density at radius 1 is 0.682 bits per heavy atom. The van der Waals surface area contributed by atoms with Crippen LogP contribution in [0.1, 0.15) is 77.0 Å². The highest BCUT2D eigenvalue weighted by molar-refractivity contribution is 5.70. The first-order chi connectivity index (χ1) is 10.7. The molecule has 2 fully saturated rings. The first-order valence-corrected chi connectivity index (χ1v) is 9.05. The number of hydrogen-bond acceptors (Lipinski definition) is 4. The van der Waals surface area contributed by atoms with Crippen LogP contribution in [0.3, 0.4) is 0 Å². The van der Waals surface area contributed by atoms with Crippen molar-refractivity contribution in [3.63, 3.8) is 0 Å². The van der Waals surface area contributed by atoms with Gasteiger partial charge in [-0.25, -0.2) is 0 Å². The minimum atomic E-state index is -0.119. The van der Waals surface area contributed by atoms with Gasteiger partial charge in [0, 0.05) is 12.8 Å². The lowest BCUT2D eigenvalue weighted by atomic mass is 10.1. The number of hydrogen-bond donors (Lipinski definition) is 0. The van der Waals surface area contributed by atoms with Crippen LogP contribution in [0.15, 0.2) is 0 Å². The maximum absolute atomic E-state index is 11.6. The minimum Gasteiger partial charge on any atom is -0.465 e. The van der Waals surface area contributed by atoms with E-state index in [0.717, 1.165) is 0 Å². The summed E-state index contributed by atoms with van der Waals surface area (Å²) in [6.45, 7) is 1.17. The number of carbonyl (C=O) groups is 2. The standard InChI is InChI=1S/C18H30O4/c19-17(21-13-15-7-1-2-8-15)11-5-6-12-18(20)22-14-16-9-3-4-10-16/h15-16H,1-14H2. The molecule has 2 aliphatic rings. The molecule has 0 aromatic rings. The van der Waals surface area contributed by atoms with Crippen molar-refractivity contribution in [2.75, 3.05) is 13.2 Å². The van der Waals surface area contributed by atoms with Gasteiger partial charge < -0.3 is 9.47 Å². The normalized spacial score (nSPS) is 19.5. The van der Waals surface area contributed by atoms with Gasteiger partial charge in [0.15, 0.2) is 0 Å². The predicted molar refractivity (Wildman–Crippen MR) is 84.3 cm³/mol. The van der Waals surface area contributed by atoms with E-state index in [2.05, 4.69) is 0 Å². The maximum atomic E-state index is 11.6. The fourth-order valence-corrected chi connectivity index (χ4v) is 3.46. The molecule has 0 bridgehead atoms. The highest BCUT2D eigenvalue weighted by atomic mass is 16.5. The zero-order valence-electron chi connectivity index (χ0n) is 13.7. The van der Waals surface area contributed by atoms with E-state index in [-0.39, 0.29) is 11.9 Å². The van der Waals surface area contributed by atoms with E-state index in [1.807, 2.05) is 0 Å². The van der Waals surface area contributed by atoms with Crippen LogP contribution in [-0.4, -0.2) is 25.2 Å². The van der Waals surface area contributed by atoms with Crippen molar-refractivity contribution in [1.82, 2.24) is 0 Å². The molecule has 0 aliphatic heterocycles. The topological polar surface area (TPSA) is 52.6 Å². The molecule has 2 aliphatic carbocycles. The van der Waals surface area contributed by atoms with Gasteiger partial charge in [0.2, 0.25) is 0 Å². The number of unbranched alkanes of at least 4 members (excludes halogenated alkanes) is 1. The van der Waals surface area contributed by atoms with Gasteiger partial charge in [-0.15, -0.1) is 0 Å². The lowest BCUT2D eigenvalue weighted by Gasteiger charge is -2.10. The Morgan fingerprint density at radius 3 is 1.41 bits per heavy atom. The van der Waals surface area contributed by atoms with Crippen LogP contribution in [0.25, 0.3) is 0 Å². The molecule has 4 nitrogen and oxygen atoms in total. The lowest BCUT2D eigenvalue weighted by Crippen LogP contribution is -2.13. The van der Waals surface area contributed by atoms with Gasteiger partial charge in [0.25, 0.3) is 0 Å². The molecule has 0 spiro atoms. The van der Waals surface area contributed by atoms with E-state index >= 15 is 0 Å². The second kappa shape index (κ2) is 9.86. The molecule has 126 valence electrons. The van der Waals surface area contributed by atoms with Gasteiger partial charge in [0.1, 0.15) is 0 Å². The Morgan fingerprint density at radius 2 is 1.05 bits per heavy atom. The van der Waals surface area contributed by atoms with Gasteiger partial charge in [0.05, 0.1) is 13.2 Å². The summed E-state index contributed by atoms with van der Waals surface area (Å²) in [6, 6.07) is 0. The molecule has 0 radical (unpaired) electrons. The Labute approximate surface area is 133 Å². The van der Waals surface area contributed by atoms with Crippen LogP contribution in [0, 0.1) is 11.8 Å². The van der Waals surface area contributed by atoms with Crippen molar-refractivity contribution in [2.45, 2.75) is 77.0 Å². The minimum absolute atomic E-state index is 0.119. The molecule has 0 unspecified atom stereocenters. The molecule has 0 N–H and O–H groups in total. The number of esters is 2. The Balaban J connectivity index is 1.42. The van der Waals surface area contributed by atoms with Crippen molar-refractivity contribution >= 4 is 11.9 Å². The van der Waals surface area contributed by atoms with E-state index < -0.39 is 0 Å². The van der Waals surface area contributed by atoms with E-state index in [1.165, 1.54) is 51.4 Å². The Kier molecular flexibility index (Phi) is 7.75. The summed E-state index contributed by atoms with van der Waals surface area (Å²) in [5.74, 6) is 0.918. The molecule has 4 heteroatoms. The molecule has 0 aromatic carbocycles. The van der Waals surface area contributed by atoms with Gasteiger partial charge in [-0.2, -0.15) is 0 Å². The van der Waals surface area contributed by atoms with Crippen LogP contribution in [0.5, 0.6) is 0 Å². The molecular weight excluding hydrogens is 280 g/mol. The van der Waals surface area contributed by atoms with E-state index in [4.69, 9.17) is 9.47 Å². The molecule has 22 heavy (non-hydrogen) atoms. The van der Waals surface area contributed by atoms with Gasteiger partial charge in [-0.1, -0.05) is 25.7 Å². The number of rotatable bonds is 9. The summed E-state index contributed by atoms with van der Waals surface area (Å²) >= 11 is 0. The first kappa shape index (κ1) is 17.3. The zero-order chi connectivity index (χ0) is 15.6. The molecule has 2 rings (SSSR count). The van der Waals surface area contributed by atoms with E-state index in [0.29, 0.717) is 50.7 Å². The van der Waals surface area contributed by atoms with Crippen molar-refractivity contribution in [3.05, 3.63) is 0 Å². The molecule has 0 atom stereocenters. The second-order valence-electron chi connectivity index (χ2n) is 6.87. The molecule has 2 saturated carbocycles. The monoisotopic (exact) mass is 310 g/mol. The summed E-state index contributed by atoms with van der Waals surface area (Å²) < 4.78 is 10.6.